The van der Waals surface area contributed by atoms with Gasteiger partial charge in [0.05, 0.1) is 0 Å². The van der Waals surface area contributed by atoms with Gasteiger partial charge in [-0.3, -0.25) is 0 Å². The van der Waals surface area contributed by atoms with Crippen LogP contribution in [0, 0.1) is 0 Å². The van der Waals surface area contributed by atoms with E-state index in [0.717, 1.165) is 16.9 Å². The Morgan fingerprint density at radius 3 is 1.74 bits per heavy atom. The minimum Gasteiger partial charge on any atom is -0.455 e. The highest BCUT2D eigenvalue weighted by molar-refractivity contribution is 6.15. The Hall–Kier alpha value is -3.58. The fourth-order valence-corrected chi connectivity index (χ4v) is 4.31. The van der Waals surface area contributed by atoms with Gasteiger partial charge in [-0.25, -0.2) is 0 Å². The van der Waals surface area contributed by atoms with Gasteiger partial charge >= 0.3 is 0 Å². The molecule has 1 aliphatic rings. The molecular weight excluding hydrogens is 328 g/mol. The summed E-state index contributed by atoms with van der Waals surface area (Å²) in [6.45, 7) is 0. The molecule has 1 nitrogen and oxygen atoms in total. The number of fused-ring (bicyclic) bond motifs is 5. The minimum absolute atomic E-state index is 0.938. The average molecular weight is 344 g/mol. The van der Waals surface area contributed by atoms with Crippen molar-refractivity contribution in [3.63, 3.8) is 0 Å². The fraction of sp³-hybridized carbons (Fsp3) is 0. The zero-order valence-corrected chi connectivity index (χ0v) is 14.6. The van der Waals surface area contributed by atoms with E-state index < -0.39 is 0 Å². The normalized spacial score (nSPS) is 11.7. The Morgan fingerprint density at radius 2 is 1.00 bits per heavy atom. The molecule has 4 aromatic carbocycles. The molecule has 0 radical (unpaired) electrons. The van der Waals surface area contributed by atoms with Crippen molar-refractivity contribution in [1.82, 2.24) is 0 Å². The van der Waals surface area contributed by atoms with Crippen molar-refractivity contribution in [2.45, 2.75) is 0 Å². The maximum atomic E-state index is 6.42. The SMILES string of the molecule is c1ccc(-c2oc3cccc4c3c2-c2ccccc2-c2ccccc2-4)cc1. The smallest absolute Gasteiger partial charge is 0.143 e. The first-order chi connectivity index (χ1) is 13.4. The van der Waals surface area contributed by atoms with Gasteiger partial charge in [-0.15, -0.1) is 0 Å². The van der Waals surface area contributed by atoms with Gasteiger partial charge in [-0.1, -0.05) is 91.0 Å². The van der Waals surface area contributed by atoms with Crippen LogP contribution in [0.4, 0.5) is 0 Å². The predicted molar refractivity (Wildman–Crippen MR) is 112 cm³/mol. The Labute approximate surface area is 157 Å². The number of hydrogen-bond donors (Lipinski definition) is 0. The molecule has 1 aliphatic carbocycles. The average Bonchev–Trinajstić information content (AvgIpc) is 3.08. The summed E-state index contributed by atoms with van der Waals surface area (Å²) in [6, 6.07) is 34.1. The molecule has 0 unspecified atom stereocenters. The lowest BCUT2D eigenvalue weighted by Crippen LogP contribution is -1.85. The van der Waals surface area contributed by atoms with Gasteiger partial charge < -0.3 is 4.42 Å². The third kappa shape index (κ3) is 2.00. The van der Waals surface area contributed by atoms with Gasteiger partial charge in [0.1, 0.15) is 11.3 Å². The lowest BCUT2D eigenvalue weighted by molar-refractivity contribution is 0.632. The molecule has 0 atom stereocenters. The summed E-state index contributed by atoms with van der Waals surface area (Å²) >= 11 is 0. The van der Waals surface area contributed by atoms with Crippen molar-refractivity contribution >= 4 is 11.0 Å². The van der Waals surface area contributed by atoms with Crippen LogP contribution >= 0.6 is 0 Å². The quantitative estimate of drug-likeness (QED) is 0.302. The molecule has 1 heteroatoms. The van der Waals surface area contributed by atoms with Crippen LogP contribution in [0.25, 0.3) is 55.7 Å². The summed E-state index contributed by atoms with van der Waals surface area (Å²) in [5.74, 6) is 0.943. The molecule has 0 saturated carbocycles. The lowest BCUT2D eigenvalue weighted by atomic mass is 9.93. The van der Waals surface area contributed by atoms with Crippen LogP contribution < -0.4 is 0 Å². The molecule has 0 spiro atoms. The molecule has 0 N–H and O–H groups in total. The number of rotatable bonds is 1. The van der Waals surface area contributed by atoms with Crippen molar-refractivity contribution in [2.24, 2.45) is 0 Å². The van der Waals surface area contributed by atoms with E-state index in [9.17, 15) is 0 Å². The summed E-state index contributed by atoms with van der Waals surface area (Å²) in [4.78, 5) is 0. The lowest BCUT2D eigenvalue weighted by Gasteiger charge is -2.11. The summed E-state index contributed by atoms with van der Waals surface area (Å²) in [5.41, 5.74) is 9.49. The first-order valence-electron chi connectivity index (χ1n) is 9.22. The van der Waals surface area contributed by atoms with Crippen molar-refractivity contribution in [1.29, 1.82) is 0 Å². The zero-order valence-electron chi connectivity index (χ0n) is 14.6. The summed E-state index contributed by atoms with van der Waals surface area (Å²) in [5, 5.41) is 1.20. The van der Waals surface area contributed by atoms with Gasteiger partial charge in [0.25, 0.3) is 0 Å². The summed E-state index contributed by atoms with van der Waals surface area (Å²) in [7, 11) is 0. The van der Waals surface area contributed by atoms with Crippen LogP contribution in [0.5, 0.6) is 0 Å². The summed E-state index contributed by atoms with van der Waals surface area (Å²) < 4.78 is 6.42. The maximum absolute atomic E-state index is 6.42. The molecular formula is C26H16O. The topological polar surface area (TPSA) is 13.1 Å². The van der Waals surface area contributed by atoms with Gasteiger partial charge in [0, 0.05) is 16.5 Å². The molecule has 6 rings (SSSR count). The van der Waals surface area contributed by atoms with E-state index in [1.54, 1.807) is 0 Å². The molecule has 5 aromatic rings. The van der Waals surface area contributed by atoms with Crippen molar-refractivity contribution < 1.29 is 4.42 Å². The van der Waals surface area contributed by atoms with Gasteiger partial charge in [0.2, 0.25) is 0 Å². The number of benzene rings is 4. The van der Waals surface area contributed by atoms with Crippen LogP contribution in [0.3, 0.4) is 0 Å². The third-order valence-electron chi connectivity index (χ3n) is 5.46. The molecule has 0 aliphatic heterocycles. The van der Waals surface area contributed by atoms with Gasteiger partial charge in [-0.2, -0.15) is 0 Å². The molecule has 0 fully saturated rings. The Balaban J connectivity index is 1.86. The minimum atomic E-state index is 0.938. The Morgan fingerprint density at radius 1 is 0.444 bits per heavy atom. The van der Waals surface area contributed by atoms with Gasteiger partial charge in [-0.05, 0) is 33.9 Å². The van der Waals surface area contributed by atoms with E-state index in [0.29, 0.717) is 0 Å². The second-order valence-corrected chi connectivity index (χ2v) is 6.94. The second-order valence-electron chi connectivity index (χ2n) is 6.94. The summed E-state index contributed by atoms with van der Waals surface area (Å²) in [6.07, 6.45) is 0. The highest BCUT2D eigenvalue weighted by Crippen LogP contribution is 2.51. The van der Waals surface area contributed by atoms with E-state index >= 15 is 0 Å². The van der Waals surface area contributed by atoms with Crippen LogP contribution in [-0.2, 0) is 0 Å². The molecule has 27 heavy (non-hydrogen) atoms. The molecule has 0 amide bonds. The first-order valence-corrected chi connectivity index (χ1v) is 9.22. The zero-order chi connectivity index (χ0) is 17.8. The Bertz CT molecular complexity index is 1310. The fourth-order valence-electron chi connectivity index (χ4n) is 4.31. The molecule has 126 valence electrons. The van der Waals surface area contributed by atoms with Crippen LogP contribution in [0.2, 0.25) is 0 Å². The predicted octanol–water partition coefficient (Wildman–Crippen LogP) is 7.41. The van der Waals surface area contributed by atoms with Crippen LogP contribution in [-0.4, -0.2) is 0 Å². The first kappa shape index (κ1) is 14.6. The van der Waals surface area contributed by atoms with E-state index in [2.05, 4.69) is 91.0 Å². The van der Waals surface area contributed by atoms with Gasteiger partial charge in [0.15, 0.2) is 0 Å². The molecule has 1 aromatic heterocycles. The molecule has 0 saturated heterocycles. The van der Waals surface area contributed by atoms with Crippen LogP contribution in [0.15, 0.2) is 101 Å². The van der Waals surface area contributed by atoms with E-state index in [-0.39, 0.29) is 0 Å². The van der Waals surface area contributed by atoms with Crippen molar-refractivity contribution in [3.8, 4) is 44.7 Å². The largest absolute Gasteiger partial charge is 0.455 e. The van der Waals surface area contributed by atoms with Crippen molar-refractivity contribution in [2.75, 3.05) is 0 Å². The van der Waals surface area contributed by atoms with Crippen LogP contribution in [0.1, 0.15) is 0 Å². The highest BCUT2D eigenvalue weighted by Gasteiger charge is 2.26. The highest BCUT2D eigenvalue weighted by atomic mass is 16.3. The number of hydrogen-bond acceptors (Lipinski definition) is 1. The molecule has 1 heterocycles. The van der Waals surface area contributed by atoms with E-state index in [1.165, 1.54) is 38.8 Å². The molecule has 0 bridgehead atoms. The number of furan rings is 1. The van der Waals surface area contributed by atoms with Crippen molar-refractivity contribution in [3.05, 3.63) is 97.1 Å². The monoisotopic (exact) mass is 344 g/mol. The van der Waals surface area contributed by atoms with E-state index in [4.69, 9.17) is 4.42 Å². The van der Waals surface area contributed by atoms with E-state index in [1.807, 2.05) is 6.07 Å². The second kappa shape index (κ2) is 5.46. The maximum Gasteiger partial charge on any atom is 0.143 e. The Kier molecular flexibility index (Phi) is 2.95. The standard InChI is InChI=1S/C26H16O/c1-2-9-17(10-3-1)26-25-22-14-7-6-13-20(22)18-11-4-5-12-19(18)21-15-8-16-23(27-26)24(21)25/h1-16H. The third-order valence-corrected chi connectivity index (χ3v) is 5.46.